The molecule has 0 nitrogen and oxygen atoms in total. The van der Waals surface area contributed by atoms with E-state index in [9.17, 15) is 0 Å². The quantitative estimate of drug-likeness (QED) is 0.477. The molecule has 0 spiro atoms. The third-order valence-electron chi connectivity index (χ3n) is 0. The second kappa shape index (κ2) is 35.9. The molecule has 0 bridgehead atoms. The van der Waals surface area contributed by atoms with Crippen molar-refractivity contribution in [1.82, 2.24) is 0 Å². The van der Waals surface area contributed by atoms with E-state index in [-0.39, 0.29) is 32.7 Å². The maximum Gasteiger partial charge on any atom is 0 e. The molecule has 1 radical (unpaired) electrons. The third kappa shape index (κ3) is 70.5. The molecular formula is C5H12Y-2. The summed E-state index contributed by atoms with van der Waals surface area (Å²) >= 11 is 0. The molecule has 6 heavy (non-hydrogen) atoms. The minimum absolute atomic E-state index is 0. The van der Waals surface area contributed by atoms with Crippen LogP contribution < -0.4 is 0 Å². The molecule has 0 unspecified atom stereocenters. The van der Waals surface area contributed by atoms with Gasteiger partial charge in [-0.1, -0.05) is 6.92 Å². The summed E-state index contributed by atoms with van der Waals surface area (Å²) in [5, 5.41) is 0. The molecule has 0 aromatic carbocycles. The van der Waals surface area contributed by atoms with Gasteiger partial charge in [-0.15, -0.1) is 0 Å². The van der Waals surface area contributed by atoms with Crippen LogP contribution in [0.5, 0.6) is 0 Å². The van der Waals surface area contributed by atoms with Gasteiger partial charge in [0.2, 0.25) is 0 Å². The normalized spacial score (nSPS) is 4.00. The summed E-state index contributed by atoms with van der Waals surface area (Å²) in [6, 6.07) is 0. The van der Waals surface area contributed by atoms with Crippen molar-refractivity contribution in [2.24, 2.45) is 0 Å². The van der Waals surface area contributed by atoms with Crippen LogP contribution in [0.4, 0.5) is 0 Å². The Hall–Kier alpha value is 1.10. The Morgan fingerprint density at radius 3 is 1.33 bits per heavy atom. The van der Waals surface area contributed by atoms with Crippen LogP contribution in [-0.4, -0.2) is 0 Å². The predicted molar refractivity (Wildman–Crippen MR) is 26.7 cm³/mol. The molecule has 0 aliphatic heterocycles. The van der Waals surface area contributed by atoms with Crippen molar-refractivity contribution < 1.29 is 32.7 Å². The zero-order valence-corrected chi connectivity index (χ0v) is 7.54. The van der Waals surface area contributed by atoms with E-state index in [1.54, 1.807) is 6.92 Å². The maximum atomic E-state index is 3.49. The molecule has 0 N–H and O–H groups in total. The van der Waals surface area contributed by atoms with Crippen LogP contribution >= 0.6 is 0 Å². The summed E-state index contributed by atoms with van der Waals surface area (Å²) in [5.74, 6) is 0. The molecule has 0 aliphatic carbocycles. The van der Waals surface area contributed by atoms with Crippen molar-refractivity contribution in [3.63, 3.8) is 0 Å². The SMILES string of the molecule is [CH2-]C.[CH2-]CC.[Y]. The van der Waals surface area contributed by atoms with Crippen molar-refractivity contribution in [2.75, 3.05) is 0 Å². The second-order valence-corrected chi connectivity index (χ2v) is 0.500. The third-order valence-corrected chi connectivity index (χ3v) is 0. The van der Waals surface area contributed by atoms with E-state index in [0.29, 0.717) is 0 Å². The molecule has 0 aromatic heterocycles. The maximum absolute atomic E-state index is 3.49. The van der Waals surface area contributed by atoms with Gasteiger partial charge in [-0.2, -0.15) is 13.3 Å². The fourth-order valence-corrected chi connectivity index (χ4v) is 0. The van der Waals surface area contributed by atoms with Crippen LogP contribution in [0.15, 0.2) is 0 Å². The molecule has 1 heteroatoms. The molecule has 0 rings (SSSR count). The van der Waals surface area contributed by atoms with E-state index >= 15 is 0 Å². The van der Waals surface area contributed by atoms with Gasteiger partial charge in [0.15, 0.2) is 0 Å². The first-order valence-electron chi connectivity index (χ1n) is 1.91. The molecule has 0 atom stereocenters. The largest absolute Gasteiger partial charge is 0.346 e. The zero-order valence-electron chi connectivity index (χ0n) is 4.70. The van der Waals surface area contributed by atoms with Gasteiger partial charge >= 0.3 is 0 Å². The average Bonchev–Trinajstić information content (AvgIpc) is 1.46. The van der Waals surface area contributed by atoms with Crippen LogP contribution in [0, 0.1) is 13.8 Å². The van der Waals surface area contributed by atoms with Crippen molar-refractivity contribution in [3.05, 3.63) is 13.8 Å². The van der Waals surface area contributed by atoms with Crippen LogP contribution in [0.25, 0.3) is 0 Å². The van der Waals surface area contributed by atoms with E-state index in [4.69, 9.17) is 0 Å². The van der Waals surface area contributed by atoms with E-state index in [1.165, 1.54) is 0 Å². The smallest absolute Gasteiger partial charge is 0 e. The Labute approximate surface area is 66.6 Å². The predicted octanol–water partition coefficient (Wildman–Crippen LogP) is 2.07. The Morgan fingerprint density at radius 2 is 1.33 bits per heavy atom. The van der Waals surface area contributed by atoms with Crippen LogP contribution in [0.3, 0.4) is 0 Å². The Bertz CT molecular complexity index is 3.90. The molecule has 0 saturated carbocycles. The fourth-order valence-electron chi connectivity index (χ4n) is 0. The molecule has 0 amide bonds. The minimum Gasteiger partial charge on any atom is -0.346 e. The first-order valence-corrected chi connectivity index (χ1v) is 1.91. The van der Waals surface area contributed by atoms with Crippen molar-refractivity contribution >= 4 is 0 Å². The molecule has 0 heterocycles. The van der Waals surface area contributed by atoms with Crippen molar-refractivity contribution in [3.8, 4) is 0 Å². The van der Waals surface area contributed by atoms with Gasteiger partial charge in [0.25, 0.3) is 0 Å². The molecule has 0 aliphatic rings. The number of hydrogen-bond donors (Lipinski definition) is 0. The minimum atomic E-state index is 0. The summed E-state index contributed by atoms with van der Waals surface area (Å²) in [7, 11) is 0. The number of rotatable bonds is 0. The average molecular weight is 161 g/mol. The van der Waals surface area contributed by atoms with Gasteiger partial charge in [0, 0.05) is 32.7 Å². The summed E-state index contributed by atoms with van der Waals surface area (Å²) in [6.45, 7) is 10.5. The first kappa shape index (κ1) is 15.7. The van der Waals surface area contributed by atoms with E-state index in [2.05, 4.69) is 13.8 Å². The van der Waals surface area contributed by atoms with Gasteiger partial charge in [-0.3, -0.25) is 0 Å². The van der Waals surface area contributed by atoms with Gasteiger partial charge in [0.1, 0.15) is 0 Å². The van der Waals surface area contributed by atoms with Crippen LogP contribution in [-0.2, 0) is 32.7 Å². The summed E-state index contributed by atoms with van der Waals surface area (Å²) in [4.78, 5) is 0. The van der Waals surface area contributed by atoms with Crippen molar-refractivity contribution in [2.45, 2.75) is 20.3 Å². The van der Waals surface area contributed by atoms with E-state index in [1.807, 2.05) is 6.92 Å². The Kier molecular flexibility index (Phi) is 94.1. The Morgan fingerprint density at radius 1 is 1.33 bits per heavy atom. The summed E-state index contributed by atoms with van der Waals surface area (Å²) in [5.41, 5.74) is 0. The molecule has 37 valence electrons. The van der Waals surface area contributed by atoms with Crippen molar-refractivity contribution in [1.29, 1.82) is 0 Å². The summed E-state index contributed by atoms with van der Waals surface area (Å²) < 4.78 is 0. The molecule has 0 saturated heterocycles. The monoisotopic (exact) mass is 161 g/mol. The zero-order chi connectivity index (χ0) is 4.71. The van der Waals surface area contributed by atoms with Crippen LogP contribution in [0.2, 0.25) is 0 Å². The molecule has 0 fully saturated rings. The standard InChI is InChI=1S/C3H7.C2H5.Y/c1-3-2;1-2;/h1,3H2,2H3;1H2,2H3;/q2*-1;. The Balaban J connectivity index is -0.0000000275. The fraction of sp³-hybridized carbons (Fsp3) is 0.600. The molecule has 0 aromatic rings. The van der Waals surface area contributed by atoms with Gasteiger partial charge in [-0.25, -0.2) is 0 Å². The van der Waals surface area contributed by atoms with Gasteiger partial charge in [-0.05, 0) is 0 Å². The van der Waals surface area contributed by atoms with E-state index < -0.39 is 0 Å². The van der Waals surface area contributed by atoms with Gasteiger partial charge < -0.3 is 13.8 Å². The van der Waals surface area contributed by atoms with Gasteiger partial charge in [0.05, 0.1) is 0 Å². The van der Waals surface area contributed by atoms with E-state index in [0.717, 1.165) is 6.42 Å². The summed E-state index contributed by atoms with van der Waals surface area (Å²) in [6.07, 6.45) is 1.00. The first-order chi connectivity index (χ1) is 2.41. The number of hydrogen-bond acceptors (Lipinski definition) is 0. The topological polar surface area (TPSA) is 0 Å². The molecular weight excluding hydrogens is 149 g/mol. The second-order valence-electron chi connectivity index (χ2n) is 0.500. The van der Waals surface area contributed by atoms with Crippen LogP contribution in [0.1, 0.15) is 20.3 Å².